The highest BCUT2D eigenvalue weighted by Crippen LogP contribution is 2.17. The van der Waals surface area contributed by atoms with Gasteiger partial charge in [-0.1, -0.05) is 17.7 Å². The normalized spacial score (nSPS) is 11.4. The molecule has 0 saturated heterocycles. The second-order valence-corrected chi connectivity index (χ2v) is 5.55. The number of carbonyl (C=O) groups excluding carboxylic acids is 1. The smallest absolute Gasteiger partial charge is 0.252 e. The van der Waals surface area contributed by atoms with Crippen molar-refractivity contribution in [2.75, 3.05) is 5.88 Å². The van der Waals surface area contributed by atoms with Gasteiger partial charge in [-0.2, -0.15) is 0 Å². The number of carbonyl (C=O) groups is 1. The van der Waals surface area contributed by atoms with Gasteiger partial charge in [0.2, 0.25) is 0 Å². The molecule has 1 N–H and O–H groups in total. The second-order valence-electron chi connectivity index (χ2n) is 4.74. The SMILES string of the molecule is Cc1ccc(Cl)cc1C(=O)NC(C)(C)CCCl. The molecule has 0 bridgehead atoms. The standard InChI is InChI=1S/C13H17Cl2NO/c1-9-4-5-10(15)8-11(9)12(17)16-13(2,3)6-7-14/h4-5,8H,6-7H2,1-3H3,(H,16,17). The summed E-state index contributed by atoms with van der Waals surface area (Å²) < 4.78 is 0. The molecule has 0 fully saturated rings. The lowest BCUT2D eigenvalue weighted by Gasteiger charge is -2.25. The zero-order chi connectivity index (χ0) is 13.1. The van der Waals surface area contributed by atoms with Crippen LogP contribution >= 0.6 is 23.2 Å². The molecule has 1 aromatic carbocycles. The minimum absolute atomic E-state index is 0.111. The van der Waals surface area contributed by atoms with Crippen molar-refractivity contribution in [3.8, 4) is 0 Å². The zero-order valence-corrected chi connectivity index (χ0v) is 11.8. The fourth-order valence-corrected chi connectivity index (χ4v) is 2.16. The maximum Gasteiger partial charge on any atom is 0.252 e. The predicted molar refractivity (Wildman–Crippen MR) is 73.1 cm³/mol. The molecule has 1 amide bonds. The molecular weight excluding hydrogens is 257 g/mol. The van der Waals surface area contributed by atoms with E-state index in [1.807, 2.05) is 26.8 Å². The average molecular weight is 274 g/mol. The fraction of sp³-hybridized carbons (Fsp3) is 0.462. The number of nitrogens with one attached hydrogen (secondary N) is 1. The number of aryl methyl sites for hydroxylation is 1. The Bertz CT molecular complexity index is 416. The fourth-order valence-electron chi connectivity index (χ4n) is 1.51. The lowest BCUT2D eigenvalue weighted by atomic mass is 10.00. The minimum atomic E-state index is -0.312. The quantitative estimate of drug-likeness (QED) is 0.832. The molecule has 1 rings (SSSR count). The van der Waals surface area contributed by atoms with Gasteiger partial charge < -0.3 is 5.32 Å². The van der Waals surface area contributed by atoms with Crippen LogP contribution in [0.25, 0.3) is 0 Å². The van der Waals surface area contributed by atoms with Crippen molar-refractivity contribution in [1.82, 2.24) is 5.32 Å². The van der Waals surface area contributed by atoms with Gasteiger partial charge in [-0.05, 0) is 44.9 Å². The molecule has 0 aliphatic carbocycles. The van der Waals surface area contributed by atoms with Crippen LogP contribution in [0.3, 0.4) is 0 Å². The van der Waals surface area contributed by atoms with Crippen molar-refractivity contribution >= 4 is 29.1 Å². The van der Waals surface area contributed by atoms with Crippen LogP contribution in [0, 0.1) is 6.92 Å². The van der Waals surface area contributed by atoms with E-state index >= 15 is 0 Å². The average Bonchev–Trinajstić information content (AvgIpc) is 2.20. The largest absolute Gasteiger partial charge is 0.347 e. The van der Waals surface area contributed by atoms with Crippen LogP contribution in [-0.4, -0.2) is 17.3 Å². The van der Waals surface area contributed by atoms with Gasteiger partial charge in [-0.25, -0.2) is 0 Å². The first-order valence-electron chi connectivity index (χ1n) is 5.50. The highest BCUT2D eigenvalue weighted by atomic mass is 35.5. The van der Waals surface area contributed by atoms with Crippen LogP contribution in [0.5, 0.6) is 0 Å². The van der Waals surface area contributed by atoms with Gasteiger partial charge in [0.25, 0.3) is 5.91 Å². The molecule has 0 aliphatic heterocycles. The number of alkyl halides is 1. The Labute approximate surface area is 112 Å². The highest BCUT2D eigenvalue weighted by molar-refractivity contribution is 6.31. The van der Waals surface area contributed by atoms with Crippen LogP contribution in [0.15, 0.2) is 18.2 Å². The molecule has 0 atom stereocenters. The zero-order valence-electron chi connectivity index (χ0n) is 10.3. The van der Waals surface area contributed by atoms with Crippen LogP contribution in [0.1, 0.15) is 36.2 Å². The molecule has 0 saturated carbocycles. The summed E-state index contributed by atoms with van der Waals surface area (Å²) in [5.74, 6) is 0.405. The molecule has 17 heavy (non-hydrogen) atoms. The molecule has 0 radical (unpaired) electrons. The van der Waals surface area contributed by atoms with Crippen molar-refractivity contribution in [2.24, 2.45) is 0 Å². The van der Waals surface area contributed by atoms with Crippen molar-refractivity contribution in [3.05, 3.63) is 34.3 Å². The van der Waals surface area contributed by atoms with Crippen LogP contribution in [0.2, 0.25) is 5.02 Å². The van der Waals surface area contributed by atoms with E-state index in [9.17, 15) is 4.79 Å². The molecule has 0 aromatic heterocycles. The minimum Gasteiger partial charge on any atom is -0.347 e. The Hall–Kier alpha value is -0.730. The molecule has 0 unspecified atom stereocenters. The van der Waals surface area contributed by atoms with Gasteiger partial charge in [-0.3, -0.25) is 4.79 Å². The van der Waals surface area contributed by atoms with Crippen molar-refractivity contribution < 1.29 is 4.79 Å². The second kappa shape index (κ2) is 5.74. The molecule has 0 aliphatic rings. The Kier molecular flexibility index (Phi) is 4.84. The lowest BCUT2D eigenvalue weighted by Crippen LogP contribution is -2.43. The number of hydrogen-bond donors (Lipinski definition) is 1. The van der Waals surface area contributed by atoms with Crippen molar-refractivity contribution in [3.63, 3.8) is 0 Å². The Morgan fingerprint density at radius 2 is 2.06 bits per heavy atom. The first-order chi connectivity index (χ1) is 7.85. The molecule has 2 nitrogen and oxygen atoms in total. The molecule has 0 spiro atoms. The van der Waals surface area contributed by atoms with Crippen LogP contribution in [-0.2, 0) is 0 Å². The Balaban J connectivity index is 2.86. The number of rotatable bonds is 4. The first-order valence-corrected chi connectivity index (χ1v) is 6.41. The number of hydrogen-bond acceptors (Lipinski definition) is 1. The first kappa shape index (κ1) is 14.3. The molecule has 0 heterocycles. The van der Waals surface area contributed by atoms with Gasteiger partial charge >= 0.3 is 0 Å². The van der Waals surface area contributed by atoms with Gasteiger partial charge in [-0.15, -0.1) is 11.6 Å². The number of amides is 1. The van der Waals surface area contributed by atoms with E-state index in [4.69, 9.17) is 23.2 Å². The third-order valence-corrected chi connectivity index (χ3v) is 3.04. The monoisotopic (exact) mass is 273 g/mol. The number of halogens is 2. The van der Waals surface area contributed by atoms with Gasteiger partial charge in [0.05, 0.1) is 0 Å². The third-order valence-electron chi connectivity index (χ3n) is 2.62. The van der Waals surface area contributed by atoms with Crippen LogP contribution < -0.4 is 5.32 Å². The maximum absolute atomic E-state index is 12.1. The van der Waals surface area contributed by atoms with Crippen molar-refractivity contribution in [2.45, 2.75) is 32.7 Å². The summed E-state index contributed by atoms with van der Waals surface area (Å²) in [7, 11) is 0. The molecule has 94 valence electrons. The summed E-state index contributed by atoms with van der Waals surface area (Å²) in [6, 6.07) is 5.30. The summed E-state index contributed by atoms with van der Waals surface area (Å²) in [5.41, 5.74) is 1.21. The van der Waals surface area contributed by atoms with Crippen LogP contribution in [0.4, 0.5) is 0 Å². The van der Waals surface area contributed by atoms with E-state index in [0.717, 1.165) is 12.0 Å². The van der Waals surface area contributed by atoms with E-state index in [1.54, 1.807) is 12.1 Å². The highest BCUT2D eigenvalue weighted by Gasteiger charge is 2.21. The number of benzene rings is 1. The summed E-state index contributed by atoms with van der Waals surface area (Å²) in [4.78, 5) is 12.1. The maximum atomic E-state index is 12.1. The lowest BCUT2D eigenvalue weighted by molar-refractivity contribution is 0.0911. The van der Waals surface area contributed by atoms with Crippen molar-refractivity contribution in [1.29, 1.82) is 0 Å². The Morgan fingerprint density at radius 1 is 1.41 bits per heavy atom. The topological polar surface area (TPSA) is 29.1 Å². The summed E-state index contributed by atoms with van der Waals surface area (Å²) in [6.45, 7) is 5.79. The van der Waals surface area contributed by atoms with Gasteiger partial charge in [0.15, 0.2) is 0 Å². The summed E-state index contributed by atoms with van der Waals surface area (Å²) in [5, 5.41) is 3.53. The van der Waals surface area contributed by atoms with E-state index in [0.29, 0.717) is 16.5 Å². The molecular formula is C13H17Cl2NO. The molecule has 4 heteroatoms. The van der Waals surface area contributed by atoms with E-state index in [1.165, 1.54) is 0 Å². The third kappa shape index (κ3) is 4.21. The van der Waals surface area contributed by atoms with E-state index in [2.05, 4.69) is 5.32 Å². The Morgan fingerprint density at radius 3 is 2.65 bits per heavy atom. The summed E-state index contributed by atoms with van der Waals surface area (Å²) >= 11 is 11.6. The van der Waals surface area contributed by atoms with Gasteiger partial charge in [0, 0.05) is 22.0 Å². The predicted octanol–water partition coefficient (Wildman–Crippen LogP) is 3.79. The van der Waals surface area contributed by atoms with E-state index in [-0.39, 0.29) is 11.4 Å². The van der Waals surface area contributed by atoms with E-state index < -0.39 is 0 Å². The molecule has 1 aromatic rings. The van der Waals surface area contributed by atoms with Gasteiger partial charge in [0.1, 0.15) is 0 Å². The summed E-state index contributed by atoms with van der Waals surface area (Å²) in [6.07, 6.45) is 0.722.